The predicted octanol–water partition coefficient (Wildman–Crippen LogP) is 2.64. The Morgan fingerprint density at radius 1 is 1.21 bits per heavy atom. The standard InChI is InChI=1S/C14H21NO3S/c1-14(2)9-7-11(8-10-14)15-19(17,18)13-6-4-3-5-12(13)16/h3-6,11,15-16H,7-10H2,1-2H3. The summed E-state index contributed by atoms with van der Waals surface area (Å²) >= 11 is 0. The third kappa shape index (κ3) is 3.48. The molecule has 0 unspecified atom stereocenters. The number of hydrogen-bond donors (Lipinski definition) is 2. The van der Waals surface area contributed by atoms with Gasteiger partial charge in [-0.3, -0.25) is 0 Å². The Morgan fingerprint density at radius 2 is 1.79 bits per heavy atom. The van der Waals surface area contributed by atoms with Crippen molar-refractivity contribution in [2.45, 2.75) is 50.5 Å². The zero-order chi connectivity index (χ0) is 14.1. The molecule has 0 saturated heterocycles. The zero-order valence-electron chi connectivity index (χ0n) is 11.4. The molecule has 0 atom stereocenters. The second-order valence-corrected chi connectivity index (χ2v) is 7.71. The highest BCUT2D eigenvalue weighted by molar-refractivity contribution is 7.89. The van der Waals surface area contributed by atoms with Crippen molar-refractivity contribution in [1.29, 1.82) is 0 Å². The molecule has 1 aromatic carbocycles. The van der Waals surface area contributed by atoms with Gasteiger partial charge in [-0.05, 0) is 43.2 Å². The average Bonchev–Trinajstić information content (AvgIpc) is 2.32. The van der Waals surface area contributed by atoms with E-state index in [1.807, 2.05) is 0 Å². The van der Waals surface area contributed by atoms with Crippen molar-refractivity contribution >= 4 is 10.0 Å². The third-order valence-corrected chi connectivity index (χ3v) is 5.38. The molecule has 2 N–H and O–H groups in total. The van der Waals surface area contributed by atoms with E-state index in [4.69, 9.17) is 0 Å². The number of para-hydroxylation sites is 1. The van der Waals surface area contributed by atoms with Crippen molar-refractivity contribution in [2.75, 3.05) is 0 Å². The van der Waals surface area contributed by atoms with Crippen LogP contribution in [0, 0.1) is 5.41 Å². The van der Waals surface area contributed by atoms with E-state index in [0.29, 0.717) is 5.41 Å². The summed E-state index contributed by atoms with van der Waals surface area (Å²) in [7, 11) is -3.63. The van der Waals surface area contributed by atoms with E-state index in [1.165, 1.54) is 12.1 Å². The van der Waals surface area contributed by atoms with Crippen LogP contribution in [0.5, 0.6) is 5.75 Å². The summed E-state index contributed by atoms with van der Waals surface area (Å²) in [5.41, 5.74) is 0.302. The quantitative estimate of drug-likeness (QED) is 0.896. The highest BCUT2D eigenvalue weighted by Crippen LogP contribution is 2.35. The summed E-state index contributed by atoms with van der Waals surface area (Å²) in [6, 6.07) is 6.00. The number of nitrogens with one attached hydrogen (secondary N) is 1. The first-order valence-corrected chi connectivity index (χ1v) is 8.09. The van der Waals surface area contributed by atoms with Gasteiger partial charge in [-0.1, -0.05) is 26.0 Å². The van der Waals surface area contributed by atoms with E-state index in [2.05, 4.69) is 18.6 Å². The first-order valence-electron chi connectivity index (χ1n) is 6.60. The van der Waals surface area contributed by atoms with Gasteiger partial charge in [-0.2, -0.15) is 0 Å². The minimum absolute atomic E-state index is 0.0300. The van der Waals surface area contributed by atoms with Gasteiger partial charge in [0.25, 0.3) is 0 Å². The summed E-state index contributed by atoms with van der Waals surface area (Å²) in [6.45, 7) is 4.42. The lowest BCUT2D eigenvalue weighted by atomic mass is 9.76. The molecule has 4 nitrogen and oxygen atoms in total. The molecule has 1 aliphatic carbocycles. The van der Waals surface area contributed by atoms with E-state index in [9.17, 15) is 13.5 Å². The molecule has 0 aliphatic heterocycles. The van der Waals surface area contributed by atoms with Gasteiger partial charge in [0.1, 0.15) is 10.6 Å². The summed E-state index contributed by atoms with van der Waals surface area (Å²) in [5, 5.41) is 9.64. The first kappa shape index (κ1) is 14.3. The van der Waals surface area contributed by atoms with Crippen LogP contribution in [-0.4, -0.2) is 19.6 Å². The summed E-state index contributed by atoms with van der Waals surface area (Å²) in [4.78, 5) is -0.0418. The smallest absolute Gasteiger partial charge is 0.244 e. The fourth-order valence-electron chi connectivity index (χ4n) is 2.48. The van der Waals surface area contributed by atoms with Gasteiger partial charge >= 0.3 is 0 Å². The molecule has 1 aromatic rings. The summed E-state index contributed by atoms with van der Waals surface area (Å²) in [5.74, 6) is -0.203. The lowest BCUT2D eigenvalue weighted by molar-refractivity contribution is 0.218. The average molecular weight is 283 g/mol. The Balaban J connectivity index is 2.09. The molecule has 0 radical (unpaired) electrons. The van der Waals surface area contributed by atoms with Crippen molar-refractivity contribution in [1.82, 2.24) is 4.72 Å². The molecule has 1 aliphatic rings. The van der Waals surface area contributed by atoms with E-state index in [-0.39, 0.29) is 16.7 Å². The van der Waals surface area contributed by atoms with Gasteiger partial charge in [0.05, 0.1) is 0 Å². The van der Waals surface area contributed by atoms with E-state index in [0.717, 1.165) is 25.7 Å². The van der Waals surface area contributed by atoms with E-state index < -0.39 is 10.0 Å². The zero-order valence-corrected chi connectivity index (χ0v) is 12.2. The topological polar surface area (TPSA) is 66.4 Å². The van der Waals surface area contributed by atoms with Crippen LogP contribution in [0.4, 0.5) is 0 Å². The molecule has 0 amide bonds. The monoisotopic (exact) mass is 283 g/mol. The molecule has 19 heavy (non-hydrogen) atoms. The molecule has 1 fully saturated rings. The number of hydrogen-bond acceptors (Lipinski definition) is 3. The number of aromatic hydroxyl groups is 1. The SMILES string of the molecule is CC1(C)CCC(NS(=O)(=O)c2ccccc2O)CC1. The van der Waals surface area contributed by atoms with Crippen LogP contribution in [0.25, 0.3) is 0 Å². The molecule has 106 valence electrons. The molecule has 2 rings (SSSR count). The maximum atomic E-state index is 12.2. The normalized spacial score (nSPS) is 20.3. The molecular formula is C14H21NO3S. The summed E-state index contributed by atoms with van der Waals surface area (Å²) < 4.78 is 27.1. The van der Waals surface area contributed by atoms with Crippen LogP contribution in [0.3, 0.4) is 0 Å². The number of sulfonamides is 1. The van der Waals surface area contributed by atoms with Crippen molar-refractivity contribution in [2.24, 2.45) is 5.41 Å². The highest BCUT2D eigenvalue weighted by atomic mass is 32.2. The fourth-order valence-corrected chi connectivity index (χ4v) is 3.89. The maximum absolute atomic E-state index is 12.2. The first-order chi connectivity index (χ1) is 8.80. The predicted molar refractivity (Wildman–Crippen MR) is 74.5 cm³/mol. The van der Waals surface area contributed by atoms with Gasteiger partial charge in [-0.25, -0.2) is 13.1 Å². The molecule has 0 bridgehead atoms. The van der Waals surface area contributed by atoms with Gasteiger partial charge < -0.3 is 5.11 Å². The minimum atomic E-state index is -3.63. The molecule has 1 saturated carbocycles. The van der Waals surface area contributed by atoms with Crippen LogP contribution in [-0.2, 0) is 10.0 Å². The van der Waals surface area contributed by atoms with Crippen molar-refractivity contribution in [3.63, 3.8) is 0 Å². The van der Waals surface area contributed by atoms with Gasteiger partial charge in [-0.15, -0.1) is 0 Å². The molecule has 5 heteroatoms. The van der Waals surface area contributed by atoms with Crippen LogP contribution >= 0.6 is 0 Å². The Labute approximate surface area is 114 Å². The minimum Gasteiger partial charge on any atom is -0.507 e. The van der Waals surface area contributed by atoms with Crippen LogP contribution in [0.1, 0.15) is 39.5 Å². The molecule has 0 aromatic heterocycles. The van der Waals surface area contributed by atoms with Crippen molar-refractivity contribution in [3.05, 3.63) is 24.3 Å². The Kier molecular flexibility index (Phi) is 3.87. The summed E-state index contributed by atoms with van der Waals surface area (Å²) in [6.07, 6.45) is 3.72. The van der Waals surface area contributed by atoms with Crippen LogP contribution in [0.15, 0.2) is 29.2 Å². The van der Waals surface area contributed by atoms with Gasteiger partial charge in [0.2, 0.25) is 10.0 Å². The lowest BCUT2D eigenvalue weighted by Gasteiger charge is -2.34. The van der Waals surface area contributed by atoms with Crippen LogP contribution in [0.2, 0.25) is 0 Å². The Morgan fingerprint density at radius 3 is 2.37 bits per heavy atom. The number of phenolic OH excluding ortho intramolecular Hbond substituents is 1. The Hall–Kier alpha value is -1.07. The Bertz CT molecular complexity index is 542. The highest BCUT2D eigenvalue weighted by Gasteiger charge is 2.30. The van der Waals surface area contributed by atoms with Crippen molar-refractivity contribution in [3.8, 4) is 5.75 Å². The molecule has 0 heterocycles. The number of phenols is 1. The van der Waals surface area contributed by atoms with E-state index >= 15 is 0 Å². The largest absolute Gasteiger partial charge is 0.507 e. The fraction of sp³-hybridized carbons (Fsp3) is 0.571. The second kappa shape index (κ2) is 5.13. The van der Waals surface area contributed by atoms with Gasteiger partial charge in [0, 0.05) is 6.04 Å². The second-order valence-electron chi connectivity index (χ2n) is 6.03. The number of rotatable bonds is 3. The van der Waals surface area contributed by atoms with Crippen molar-refractivity contribution < 1.29 is 13.5 Å². The molecular weight excluding hydrogens is 262 g/mol. The van der Waals surface area contributed by atoms with E-state index in [1.54, 1.807) is 12.1 Å². The maximum Gasteiger partial charge on any atom is 0.244 e. The van der Waals surface area contributed by atoms with Crippen LogP contribution < -0.4 is 4.72 Å². The number of benzene rings is 1. The van der Waals surface area contributed by atoms with Gasteiger partial charge in [0.15, 0.2) is 0 Å². The molecule has 0 spiro atoms. The lowest BCUT2D eigenvalue weighted by Crippen LogP contribution is -2.39. The third-order valence-electron chi connectivity index (χ3n) is 3.82.